The summed E-state index contributed by atoms with van der Waals surface area (Å²) in [6.45, 7) is 5.57. The fourth-order valence-electron chi connectivity index (χ4n) is 2.76. The van der Waals surface area contributed by atoms with Crippen LogP contribution >= 0.6 is 23.2 Å². The quantitative estimate of drug-likeness (QED) is 0.805. The second-order valence-corrected chi connectivity index (χ2v) is 6.66. The first kappa shape index (κ1) is 14.1. The third-order valence-electron chi connectivity index (χ3n) is 3.73. The molecule has 20 heavy (non-hydrogen) atoms. The van der Waals surface area contributed by atoms with Gasteiger partial charge < -0.3 is 9.30 Å². The molecule has 1 fully saturated rings. The minimum absolute atomic E-state index is 0.171. The number of hydrogen-bond donors (Lipinski definition) is 0. The van der Waals surface area contributed by atoms with E-state index in [4.69, 9.17) is 27.9 Å². The lowest BCUT2D eigenvalue weighted by molar-refractivity contribution is 0.00638. The van der Waals surface area contributed by atoms with Crippen LogP contribution in [0, 0.1) is 0 Å². The minimum atomic E-state index is -0.187. The summed E-state index contributed by atoms with van der Waals surface area (Å²) in [7, 11) is 0. The molecule has 0 saturated carbocycles. The highest BCUT2D eigenvalue weighted by molar-refractivity contribution is 6.31. The SMILES string of the molecule is CC(Cl)c1nc2cc(Cl)cnc2n1CC1(C)CCCO1. The molecule has 0 N–H and O–H groups in total. The predicted molar refractivity (Wildman–Crippen MR) is 80.4 cm³/mol. The Hall–Kier alpha value is -0.840. The molecule has 2 unspecified atom stereocenters. The fourth-order valence-corrected chi connectivity index (χ4v) is 3.08. The lowest BCUT2D eigenvalue weighted by Crippen LogP contribution is -2.30. The van der Waals surface area contributed by atoms with Crippen molar-refractivity contribution in [2.75, 3.05) is 6.61 Å². The summed E-state index contributed by atoms with van der Waals surface area (Å²) in [6, 6.07) is 1.82. The minimum Gasteiger partial charge on any atom is -0.373 e. The molecule has 0 spiro atoms. The Labute approximate surface area is 128 Å². The molecule has 3 heterocycles. The molecule has 0 amide bonds. The van der Waals surface area contributed by atoms with Gasteiger partial charge in [0.25, 0.3) is 0 Å². The molecule has 0 bridgehead atoms. The molecule has 0 aromatic carbocycles. The van der Waals surface area contributed by atoms with Crippen molar-refractivity contribution in [3.05, 3.63) is 23.1 Å². The largest absolute Gasteiger partial charge is 0.373 e. The summed E-state index contributed by atoms with van der Waals surface area (Å²) in [5, 5.41) is 0.396. The van der Waals surface area contributed by atoms with Crippen LogP contribution in [-0.4, -0.2) is 26.7 Å². The average Bonchev–Trinajstić information content (AvgIpc) is 2.94. The van der Waals surface area contributed by atoms with E-state index in [0.29, 0.717) is 11.6 Å². The number of nitrogens with zero attached hydrogens (tertiary/aromatic N) is 3. The second kappa shape index (κ2) is 5.17. The number of ether oxygens (including phenoxy) is 1. The molecule has 1 aliphatic rings. The maximum Gasteiger partial charge on any atom is 0.160 e. The molecule has 0 radical (unpaired) electrons. The molecule has 1 aliphatic heterocycles. The maximum atomic E-state index is 6.27. The van der Waals surface area contributed by atoms with Crippen LogP contribution < -0.4 is 0 Å². The Balaban J connectivity index is 2.09. The van der Waals surface area contributed by atoms with E-state index in [2.05, 4.69) is 21.5 Å². The van der Waals surface area contributed by atoms with Crippen molar-refractivity contribution in [1.82, 2.24) is 14.5 Å². The lowest BCUT2D eigenvalue weighted by Gasteiger charge is -2.25. The molecule has 4 nitrogen and oxygen atoms in total. The van der Waals surface area contributed by atoms with Crippen LogP contribution in [0.2, 0.25) is 5.02 Å². The number of pyridine rings is 1. The zero-order valence-corrected chi connectivity index (χ0v) is 13.1. The summed E-state index contributed by atoms with van der Waals surface area (Å²) in [4.78, 5) is 8.99. The van der Waals surface area contributed by atoms with Crippen LogP contribution in [0.4, 0.5) is 0 Å². The third kappa shape index (κ3) is 2.52. The van der Waals surface area contributed by atoms with Crippen LogP contribution in [0.1, 0.15) is 37.9 Å². The van der Waals surface area contributed by atoms with Gasteiger partial charge in [0.05, 0.1) is 22.5 Å². The van der Waals surface area contributed by atoms with Gasteiger partial charge >= 0.3 is 0 Å². The van der Waals surface area contributed by atoms with Gasteiger partial charge in [0.2, 0.25) is 0 Å². The van der Waals surface area contributed by atoms with E-state index in [1.54, 1.807) is 6.20 Å². The van der Waals surface area contributed by atoms with Gasteiger partial charge in [-0.3, -0.25) is 0 Å². The highest BCUT2D eigenvalue weighted by atomic mass is 35.5. The average molecular weight is 314 g/mol. The second-order valence-electron chi connectivity index (χ2n) is 5.57. The molecule has 0 aliphatic carbocycles. The van der Waals surface area contributed by atoms with E-state index in [1.165, 1.54) is 0 Å². The summed E-state index contributed by atoms with van der Waals surface area (Å²) < 4.78 is 7.94. The molecule has 2 aromatic heterocycles. The first-order valence-corrected chi connectivity index (χ1v) is 7.60. The van der Waals surface area contributed by atoms with Gasteiger partial charge in [-0.2, -0.15) is 0 Å². The summed E-state index contributed by atoms with van der Waals surface area (Å²) in [5.74, 6) is 0.813. The zero-order chi connectivity index (χ0) is 14.3. The van der Waals surface area contributed by atoms with Crippen LogP contribution in [0.5, 0.6) is 0 Å². The Morgan fingerprint density at radius 1 is 1.55 bits per heavy atom. The summed E-state index contributed by atoms with van der Waals surface area (Å²) in [5.41, 5.74) is 1.42. The number of imidazole rings is 1. The molecule has 1 saturated heterocycles. The van der Waals surface area contributed by atoms with E-state index >= 15 is 0 Å². The van der Waals surface area contributed by atoms with Gasteiger partial charge in [-0.1, -0.05) is 11.6 Å². The van der Waals surface area contributed by atoms with E-state index in [9.17, 15) is 0 Å². The molecular formula is C14H17Cl2N3O. The number of rotatable bonds is 3. The number of fused-ring (bicyclic) bond motifs is 1. The standard InChI is InChI=1S/C14H17Cl2N3O/c1-9(15)12-18-11-6-10(16)7-17-13(11)19(12)8-14(2)4-3-5-20-14/h6-7,9H,3-5,8H2,1-2H3. The van der Waals surface area contributed by atoms with E-state index < -0.39 is 0 Å². The smallest absolute Gasteiger partial charge is 0.160 e. The van der Waals surface area contributed by atoms with Crippen LogP contribution in [0.3, 0.4) is 0 Å². The summed E-state index contributed by atoms with van der Waals surface area (Å²) >= 11 is 12.3. The van der Waals surface area contributed by atoms with Crippen LogP contribution in [-0.2, 0) is 11.3 Å². The third-order valence-corrected chi connectivity index (χ3v) is 4.13. The van der Waals surface area contributed by atoms with Crippen molar-refractivity contribution >= 4 is 34.4 Å². The maximum absolute atomic E-state index is 6.27. The molecule has 3 rings (SSSR count). The predicted octanol–water partition coefficient (Wildman–Crippen LogP) is 3.95. The Morgan fingerprint density at radius 3 is 3.00 bits per heavy atom. The number of halogens is 2. The van der Waals surface area contributed by atoms with Crippen molar-refractivity contribution in [1.29, 1.82) is 0 Å². The fraction of sp³-hybridized carbons (Fsp3) is 0.571. The first-order chi connectivity index (χ1) is 9.48. The Bertz CT molecular complexity index is 633. The highest BCUT2D eigenvalue weighted by Crippen LogP contribution is 2.31. The normalized spacial score (nSPS) is 24.4. The zero-order valence-electron chi connectivity index (χ0n) is 11.6. The van der Waals surface area contributed by atoms with Gasteiger partial charge in [0, 0.05) is 12.8 Å². The van der Waals surface area contributed by atoms with Crippen molar-refractivity contribution in [2.24, 2.45) is 0 Å². The molecule has 108 valence electrons. The number of hydrogen-bond acceptors (Lipinski definition) is 3. The lowest BCUT2D eigenvalue weighted by atomic mass is 10.0. The van der Waals surface area contributed by atoms with Gasteiger partial charge in [-0.15, -0.1) is 11.6 Å². The van der Waals surface area contributed by atoms with Crippen LogP contribution in [0.15, 0.2) is 12.3 Å². The first-order valence-electron chi connectivity index (χ1n) is 6.78. The monoisotopic (exact) mass is 313 g/mol. The Kier molecular flexibility index (Phi) is 3.65. The van der Waals surface area contributed by atoms with Gasteiger partial charge in [0.1, 0.15) is 11.3 Å². The van der Waals surface area contributed by atoms with Crippen molar-refractivity contribution in [3.63, 3.8) is 0 Å². The highest BCUT2D eigenvalue weighted by Gasteiger charge is 2.32. The summed E-state index contributed by atoms with van der Waals surface area (Å²) in [6.07, 6.45) is 3.77. The van der Waals surface area contributed by atoms with Crippen LogP contribution in [0.25, 0.3) is 11.2 Å². The molecular weight excluding hydrogens is 297 g/mol. The molecule has 2 atom stereocenters. The molecule has 2 aromatic rings. The number of aromatic nitrogens is 3. The Morgan fingerprint density at radius 2 is 2.35 bits per heavy atom. The van der Waals surface area contributed by atoms with Crippen molar-refractivity contribution < 1.29 is 4.74 Å². The van der Waals surface area contributed by atoms with E-state index in [1.807, 2.05) is 13.0 Å². The van der Waals surface area contributed by atoms with E-state index in [0.717, 1.165) is 36.4 Å². The van der Waals surface area contributed by atoms with Crippen molar-refractivity contribution in [2.45, 2.75) is 44.2 Å². The van der Waals surface area contributed by atoms with E-state index in [-0.39, 0.29) is 11.0 Å². The number of alkyl halides is 1. The molecule has 6 heteroatoms. The van der Waals surface area contributed by atoms with Crippen molar-refractivity contribution in [3.8, 4) is 0 Å². The van der Waals surface area contributed by atoms with Gasteiger partial charge in [-0.05, 0) is 32.8 Å². The van der Waals surface area contributed by atoms with Gasteiger partial charge in [0.15, 0.2) is 5.65 Å². The topological polar surface area (TPSA) is 39.9 Å². The van der Waals surface area contributed by atoms with Gasteiger partial charge in [-0.25, -0.2) is 9.97 Å².